The fourth-order valence-corrected chi connectivity index (χ4v) is 1.67. The van der Waals surface area contributed by atoms with Crippen LogP contribution in [0.15, 0.2) is 18.5 Å². The van der Waals surface area contributed by atoms with Gasteiger partial charge in [-0.2, -0.15) is 5.10 Å². The van der Waals surface area contributed by atoms with E-state index in [1.807, 2.05) is 23.7 Å². The maximum Gasteiger partial charge on any atom is 0.152 e. The van der Waals surface area contributed by atoms with Gasteiger partial charge in [0.2, 0.25) is 0 Å². The monoisotopic (exact) mass is 250 g/mol. The third kappa shape index (κ3) is 3.18. The van der Waals surface area contributed by atoms with E-state index in [-0.39, 0.29) is 0 Å². The summed E-state index contributed by atoms with van der Waals surface area (Å²) in [6.07, 6.45) is 3.57. The lowest BCUT2D eigenvalue weighted by Gasteiger charge is -2.07. The van der Waals surface area contributed by atoms with Gasteiger partial charge in [-0.15, -0.1) is 0 Å². The highest BCUT2D eigenvalue weighted by molar-refractivity contribution is 5.67. The molecule has 0 saturated heterocycles. The van der Waals surface area contributed by atoms with Gasteiger partial charge in [0.1, 0.15) is 5.52 Å². The van der Waals surface area contributed by atoms with Crippen molar-refractivity contribution in [2.75, 3.05) is 38.8 Å². The SMILES string of the molecule is COCCOCCNc1nccn2nc(C)cc12. The minimum Gasteiger partial charge on any atom is -0.382 e. The van der Waals surface area contributed by atoms with E-state index in [9.17, 15) is 0 Å². The van der Waals surface area contributed by atoms with E-state index < -0.39 is 0 Å². The zero-order valence-corrected chi connectivity index (χ0v) is 10.7. The van der Waals surface area contributed by atoms with Crippen LogP contribution >= 0.6 is 0 Å². The van der Waals surface area contributed by atoms with E-state index in [1.165, 1.54) is 0 Å². The van der Waals surface area contributed by atoms with Crippen molar-refractivity contribution in [2.45, 2.75) is 6.92 Å². The van der Waals surface area contributed by atoms with Gasteiger partial charge in [0.25, 0.3) is 0 Å². The highest BCUT2D eigenvalue weighted by Crippen LogP contribution is 2.13. The Labute approximate surface area is 106 Å². The summed E-state index contributed by atoms with van der Waals surface area (Å²) in [6, 6.07) is 2.00. The van der Waals surface area contributed by atoms with Crippen molar-refractivity contribution in [2.24, 2.45) is 0 Å². The zero-order valence-electron chi connectivity index (χ0n) is 10.7. The predicted octanol–water partition coefficient (Wildman–Crippen LogP) is 1.11. The molecule has 2 aromatic heterocycles. The molecule has 98 valence electrons. The Hall–Kier alpha value is -1.66. The first-order valence-corrected chi connectivity index (χ1v) is 5.93. The van der Waals surface area contributed by atoms with Gasteiger partial charge in [-0.3, -0.25) is 0 Å². The number of ether oxygens (including phenoxy) is 2. The lowest BCUT2D eigenvalue weighted by atomic mass is 10.4. The molecule has 0 bridgehead atoms. The number of hydrogen-bond acceptors (Lipinski definition) is 5. The molecule has 0 amide bonds. The van der Waals surface area contributed by atoms with Crippen molar-refractivity contribution in [1.82, 2.24) is 14.6 Å². The highest BCUT2D eigenvalue weighted by Gasteiger charge is 2.04. The molecular formula is C12H18N4O2. The molecule has 0 aromatic carbocycles. The van der Waals surface area contributed by atoms with Crippen LogP contribution in [0, 0.1) is 6.92 Å². The van der Waals surface area contributed by atoms with Crippen LogP contribution in [0.25, 0.3) is 5.52 Å². The summed E-state index contributed by atoms with van der Waals surface area (Å²) >= 11 is 0. The number of fused-ring (bicyclic) bond motifs is 1. The van der Waals surface area contributed by atoms with Crippen LogP contribution in [-0.4, -0.2) is 48.1 Å². The number of methoxy groups -OCH3 is 1. The summed E-state index contributed by atoms with van der Waals surface area (Å²) in [5.74, 6) is 0.827. The Balaban J connectivity index is 1.87. The molecule has 0 aliphatic carbocycles. The molecule has 0 aliphatic rings. The number of anilines is 1. The predicted molar refractivity (Wildman–Crippen MR) is 68.9 cm³/mol. The molecule has 2 heterocycles. The lowest BCUT2D eigenvalue weighted by molar-refractivity contribution is 0.0759. The van der Waals surface area contributed by atoms with Crippen LogP contribution in [0.5, 0.6) is 0 Å². The first-order valence-electron chi connectivity index (χ1n) is 5.93. The molecule has 6 heteroatoms. The second-order valence-corrected chi connectivity index (χ2v) is 3.92. The third-order valence-corrected chi connectivity index (χ3v) is 2.48. The molecule has 0 unspecified atom stereocenters. The van der Waals surface area contributed by atoms with E-state index >= 15 is 0 Å². The molecule has 0 atom stereocenters. The van der Waals surface area contributed by atoms with E-state index in [1.54, 1.807) is 13.3 Å². The summed E-state index contributed by atoms with van der Waals surface area (Å²) in [6.45, 7) is 4.53. The first-order chi connectivity index (χ1) is 8.81. The summed E-state index contributed by atoms with van der Waals surface area (Å²) in [7, 11) is 1.66. The maximum atomic E-state index is 5.38. The first kappa shape index (κ1) is 12.8. The van der Waals surface area contributed by atoms with Gasteiger partial charge in [0.05, 0.1) is 25.5 Å². The van der Waals surface area contributed by atoms with Crippen molar-refractivity contribution in [1.29, 1.82) is 0 Å². The summed E-state index contributed by atoms with van der Waals surface area (Å²) in [4.78, 5) is 4.30. The van der Waals surface area contributed by atoms with Crippen molar-refractivity contribution >= 4 is 11.3 Å². The number of aromatic nitrogens is 3. The van der Waals surface area contributed by atoms with Crippen molar-refractivity contribution in [3.63, 3.8) is 0 Å². The second-order valence-electron chi connectivity index (χ2n) is 3.92. The molecule has 0 saturated carbocycles. The minimum absolute atomic E-state index is 0.613. The van der Waals surface area contributed by atoms with Crippen molar-refractivity contribution in [3.05, 3.63) is 24.2 Å². The minimum atomic E-state index is 0.613. The van der Waals surface area contributed by atoms with E-state index in [4.69, 9.17) is 9.47 Å². The Kier molecular flexibility index (Phi) is 4.49. The fourth-order valence-electron chi connectivity index (χ4n) is 1.67. The van der Waals surface area contributed by atoms with Crippen molar-refractivity contribution in [3.8, 4) is 0 Å². The Morgan fingerprint density at radius 1 is 1.33 bits per heavy atom. The van der Waals surface area contributed by atoms with Crippen LogP contribution in [-0.2, 0) is 9.47 Å². The molecule has 6 nitrogen and oxygen atoms in total. The standard InChI is InChI=1S/C12H18N4O2/c1-10-9-11-12(13-3-5-16(11)15-10)14-4-6-18-8-7-17-2/h3,5,9H,4,6-8H2,1-2H3,(H,13,14). The van der Waals surface area contributed by atoms with Gasteiger partial charge < -0.3 is 14.8 Å². The van der Waals surface area contributed by atoms with Crippen LogP contribution in [0.4, 0.5) is 5.82 Å². The molecule has 2 aromatic rings. The van der Waals surface area contributed by atoms with Crippen LogP contribution in [0.3, 0.4) is 0 Å². The molecule has 18 heavy (non-hydrogen) atoms. The topological polar surface area (TPSA) is 60.7 Å². The quantitative estimate of drug-likeness (QED) is 0.746. The smallest absolute Gasteiger partial charge is 0.152 e. The molecule has 2 rings (SSSR count). The number of aryl methyl sites for hydroxylation is 1. The molecular weight excluding hydrogens is 232 g/mol. The maximum absolute atomic E-state index is 5.38. The molecule has 0 radical (unpaired) electrons. The van der Waals surface area contributed by atoms with E-state index in [0.717, 1.165) is 17.0 Å². The van der Waals surface area contributed by atoms with Gasteiger partial charge in [-0.25, -0.2) is 9.50 Å². The number of nitrogens with zero attached hydrogens (tertiary/aromatic N) is 3. The van der Waals surface area contributed by atoms with Gasteiger partial charge in [-0.1, -0.05) is 0 Å². The van der Waals surface area contributed by atoms with Crippen molar-refractivity contribution < 1.29 is 9.47 Å². The number of rotatable bonds is 7. The Morgan fingerprint density at radius 3 is 3.06 bits per heavy atom. The Bertz CT molecular complexity index is 498. The summed E-state index contributed by atoms with van der Waals surface area (Å²) in [5, 5.41) is 7.57. The second kappa shape index (κ2) is 6.32. The third-order valence-electron chi connectivity index (χ3n) is 2.48. The normalized spacial score (nSPS) is 11.0. The van der Waals surface area contributed by atoms with E-state index in [2.05, 4.69) is 15.4 Å². The largest absolute Gasteiger partial charge is 0.382 e. The average molecular weight is 250 g/mol. The highest BCUT2D eigenvalue weighted by atomic mass is 16.5. The van der Waals surface area contributed by atoms with Crippen LogP contribution in [0.2, 0.25) is 0 Å². The molecule has 1 N–H and O–H groups in total. The van der Waals surface area contributed by atoms with Gasteiger partial charge >= 0.3 is 0 Å². The van der Waals surface area contributed by atoms with Gasteiger partial charge in [0, 0.05) is 26.0 Å². The molecule has 0 aliphatic heterocycles. The lowest BCUT2D eigenvalue weighted by Crippen LogP contribution is -2.13. The average Bonchev–Trinajstić information content (AvgIpc) is 2.74. The summed E-state index contributed by atoms with van der Waals surface area (Å²) in [5.41, 5.74) is 1.95. The number of hydrogen-bond donors (Lipinski definition) is 1. The summed E-state index contributed by atoms with van der Waals surface area (Å²) < 4.78 is 12.1. The number of nitrogens with one attached hydrogen (secondary N) is 1. The molecule has 0 spiro atoms. The van der Waals surface area contributed by atoms with Gasteiger partial charge in [0.15, 0.2) is 5.82 Å². The molecule has 0 fully saturated rings. The zero-order chi connectivity index (χ0) is 12.8. The van der Waals surface area contributed by atoms with Gasteiger partial charge in [-0.05, 0) is 13.0 Å². The van der Waals surface area contributed by atoms with Crippen LogP contribution < -0.4 is 5.32 Å². The fraction of sp³-hybridized carbons (Fsp3) is 0.500. The Morgan fingerprint density at radius 2 is 2.22 bits per heavy atom. The van der Waals surface area contributed by atoms with E-state index in [0.29, 0.717) is 26.4 Å². The van der Waals surface area contributed by atoms with Crippen LogP contribution in [0.1, 0.15) is 5.69 Å².